The highest BCUT2D eigenvalue weighted by molar-refractivity contribution is 14.1. The van der Waals surface area contributed by atoms with Gasteiger partial charge in [0, 0.05) is 16.7 Å². The summed E-state index contributed by atoms with van der Waals surface area (Å²) < 4.78 is 18.3. The van der Waals surface area contributed by atoms with E-state index in [1.165, 1.54) is 23.7 Å². The van der Waals surface area contributed by atoms with Crippen LogP contribution >= 0.6 is 22.6 Å². The molecule has 0 aliphatic carbocycles. The van der Waals surface area contributed by atoms with Gasteiger partial charge in [-0.05, 0) is 45.7 Å². The van der Waals surface area contributed by atoms with Crippen molar-refractivity contribution in [3.63, 3.8) is 0 Å². The summed E-state index contributed by atoms with van der Waals surface area (Å²) in [7, 11) is 0. The molecule has 0 fully saturated rings. The Hall–Kier alpha value is -5.54. The van der Waals surface area contributed by atoms with Crippen molar-refractivity contribution in [3.05, 3.63) is 197 Å². The maximum absolute atomic E-state index is 14.0. The van der Waals surface area contributed by atoms with E-state index < -0.39 is 22.8 Å². The fraction of sp³-hybridized carbons (Fsp3) is 0.170. The van der Waals surface area contributed by atoms with Gasteiger partial charge in [-0.2, -0.15) is 0 Å². The number of carbonyl (C=O) groups is 3. The predicted octanol–water partition coefficient (Wildman–Crippen LogP) is 10.1. The zero-order valence-electron chi connectivity index (χ0n) is 29.8. The monoisotopic (exact) mass is 826 g/mol. The molecule has 3 aliphatic heterocycles. The Balaban J connectivity index is 0.000000169. The summed E-state index contributed by atoms with van der Waals surface area (Å²) in [5.74, 6) is 0.138. The SMILES string of the molecule is CCCCCI.O=C1Oc2ccccc2C1(c1ccccc1)C1(c2ccccc2)C(=O)Oc2ccccc21.O=C1Oc2ccccc2C1c1ccccc1. The normalized spacial score (nSPS) is 20.1. The molecule has 270 valence electrons. The first kappa shape index (κ1) is 36.8. The second kappa shape index (κ2) is 16.2. The summed E-state index contributed by atoms with van der Waals surface area (Å²) in [5.41, 5.74) is 1.66. The van der Waals surface area contributed by atoms with Gasteiger partial charge in [-0.25, -0.2) is 0 Å². The molecule has 6 nitrogen and oxygen atoms in total. The second-order valence-corrected chi connectivity index (χ2v) is 14.3. The van der Waals surface area contributed by atoms with Gasteiger partial charge in [0.15, 0.2) is 0 Å². The molecule has 3 atom stereocenters. The molecule has 0 N–H and O–H groups in total. The quantitative estimate of drug-likeness (QED) is 0.0525. The van der Waals surface area contributed by atoms with Gasteiger partial charge in [0.2, 0.25) is 0 Å². The van der Waals surface area contributed by atoms with Gasteiger partial charge in [-0.3, -0.25) is 14.4 Å². The van der Waals surface area contributed by atoms with Crippen LogP contribution in [0.2, 0.25) is 0 Å². The molecule has 6 aromatic carbocycles. The highest BCUT2D eigenvalue weighted by Crippen LogP contribution is 2.62. The molecular formula is C47H39IO6. The van der Waals surface area contributed by atoms with Crippen molar-refractivity contribution in [3.8, 4) is 17.2 Å². The van der Waals surface area contributed by atoms with E-state index >= 15 is 0 Å². The van der Waals surface area contributed by atoms with Crippen LogP contribution in [0.3, 0.4) is 0 Å². The molecule has 0 amide bonds. The second-order valence-electron chi connectivity index (χ2n) is 13.2. The molecule has 0 aromatic heterocycles. The van der Waals surface area contributed by atoms with Gasteiger partial charge in [0.1, 0.15) is 34.0 Å². The molecule has 0 spiro atoms. The molecule has 6 aromatic rings. The fourth-order valence-corrected chi connectivity index (χ4v) is 8.32. The Morgan fingerprint density at radius 1 is 0.500 bits per heavy atom. The van der Waals surface area contributed by atoms with Crippen LogP contribution in [-0.2, 0) is 25.2 Å². The van der Waals surface area contributed by atoms with E-state index in [2.05, 4.69) is 29.5 Å². The van der Waals surface area contributed by atoms with Crippen molar-refractivity contribution in [1.82, 2.24) is 0 Å². The first-order chi connectivity index (χ1) is 26.5. The largest absolute Gasteiger partial charge is 0.425 e. The number of rotatable bonds is 7. The third kappa shape index (κ3) is 6.30. The topological polar surface area (TPSA) is 78.9 Å². The molecule has 7 heteroatoms. The van der Waals surface area contributed by atoms with Crippen molar-refractivity contribution >= 4 is 40.5 Å². The number of unbranched alkanes of at least 4 members (excludes halogenated alkanes) is 2. The third-order valence-electron chi connectivity index (χ3n) is 10.1. The highest BCUT2D eigenvalue weighted by Gasteiger charge is 2.72. The molecule has 0 saturated heterocycles. The van der Waals surface area contributed by atoms with Gasteiger partial charge >= 0.3 is 17.9 Å². The van der Waals surface area contributed by atoms with Gasteiger partial charge in [0.05, 0.1) is 0 Å². The Labute approximate surface area is 329 Å². The van der Waals surface area contributed by atoms with E-state index in [0.717, 1.165) is 11.1 Å². The van der Waals surface area contributed by atoms with Crippen molar-refractivity contribution in [2.75, 3.05) is 4.43 Å². The first-order valence-corrected chi connectivity index (χ1v) is 19.7. The van der Waals surface area contributed by atoms with Crippen LogP contribution in [0.1, 0.15) is 65.5 Å². The molecular weight excluding hydrogens is 787 g/mol. The minimum atomic E-state index is -1.46. The molecule has 3 heterocycles. The zero-order valence-corrected chi connectivity index (χ0v) is 32.0. The van der Waals surface area contributed by atoms with Gasteiger partial charge in [0.25, 0.3) is 0 Å². The molecule has 3 unspecified atom stereocenters. The fourth-order valence-electron chi connectivity index (χ4n) is 7.78. The van der Waals surface area contributed by atoms with Crippen molar-refractivity contribution in [2.24, 2.45) is 0 Å². The average Bonchev–Trinajstić information content (AvgIpc) is 3.83. The van der Waals surface area contributed by atoms with Crippen LogP contribution in [0.25, 0.3) is 0 Å². The van der Waals surface area contributed by atoms with E-state index in [0.29, 0.717) is 39.5 Å². The Morgan fingerprint density at radius 2 is 0.926 bits per heavy atom. The summed E-state index contributed by atoms with van der Waals surface area (Å²) in [5, 5.41) is 0. The van der Waals surface area contributed by atoms with Gasteiger partial charge in [-0.15, -0.1) is 0 Å². The van der Waals surface area contributed by atoms with Crippen molar-refractivity contribution in [1.29, 1.82) is 0 Å². The van der Waals surface area contributed by atoms with E-state index in [1.807, 2.05) is 152 Å². The van der Waals surface area contributed by atoms with Crippen LogP contribution in [-0.4, -0.2) is 22.3 Å². The number of esters is 3. The van der Waals surface area contributed by atoms with Crippen LogP contribution < -0.4 is 14.2 Å². The van der Waals surface area contributed by atoms with Gasteiger partial charge in [-0.1, -0.05) is 188 Å². The molecule has 3 aliphatic rings. The number of hydrogen-bond donors (Lipinski definition) is 0. The number of hydrogen-bond acceptors (Lipinski definition) is 6. The third-order valence-corrected chi connectivity index (χ3v) is 10.9. The lowest BCUT2D eigenvalue weighted by Gasteiger charge is -2.42. The summed E-state index contributed by atoms with van der Waals surface area (Å²) in [4.78, 5) is 39.9. The lowest BCUT2D eigenvalue weighted by molar-refractivity contribution is -0.147. The van der Waals surface area contributed by atoms with Crippen molar-refractivity contribution < 1.29 is 28.6 Å². The van der Waals surface area contributed by atoms with Crippen LogP contribution in [0.4, 0.5) is 0 Å². The van der Waals surface area contributed by atoms with E-state index in [-0.39, 0.29) is 11.9 Å². The van der Waals surface area contributed by atoms with E-state index in [9.17, 15) is 14.4 Å². The smallest absolute Gasteiger partial charge is 0.328 e. The number of carbonyl (C=O) groups excluding carboxylic acids is 3. The predicted molar refractivity (Wildman–Crippen MR) is 217 cm³/mol. The minimum absolute atomic E-state index is 0.188. The lowest BCUT2D eigenvalue weighted by Crippen LogP contribution is -2.58. The molecule has 54 heavy (non-hydrogen) atoms. The Kier molecular flexibility index (Phi) is 11.1. The first-order valence-electron chi connectivity index (χ1n) is 18.1. The number of ether oxygens (including phenoxy) is 3. The maximum atomic E-state index is 14.0. The molecule has 9 rings (SSSR count). The summed E-state index contributed by atoms with van der Waals surface area (Å²) in [6, 6.07) is 50.7. The number of alkyl halides is 1. The highest BCUT2D eigenvalue weighted by atomic mass is 127. The maximum Gasteiger partial charge on any atom is 0.328 e. The summed E-state index contributed by atoms with van der Waals surface area (Å²) >= 11 is 2.41. The van der Waals surface area contributed by atoms with Crippen LogP contribution in [0.15, 0.2) is 164 Å². The van der Waals surface area contributed by atoms with Crippen LogP contribution in [0, 0.1) is 0 Å². The molecule has 0 bridgehead atoms. The standard InChI is InChI=1S/C28H18O4.C14H10O2.C5H11I/c29-25-27(19-11-3-1-4-12-19,21-15-7-9-17-23(21)31-25)28(20-13-5-2-6-14-20)22-16-8-10-18-24(22)32-26(28)30;15-14-13(10-6-2-1-3-7-10)11-8-4-5-9-12(11)16-14;1-2-3-4-5-6/h1-18H;1-9,13H;2-5H2,1H3. The molecule has 0 saturated carbocycles. The number of benzene rings is 6. The zero-order chi connectivity index (χ0) is 37.5. The summed E-state index contributed by atoms with van der Waals surface area (Å²) in [6.07, 6.45) is 4.16. The Bertz CT molecular complexity index is 2150. The van der Waals surface area contributed by atoms with E-state index in [4.69, 9.17) is 14.2 Å². The number of para-hydroxylation sites is 3. The molecule has 0 radical (unpaired) electrons. The van der Waals surface area contributed by atoms with Crippen molar-refractivity contribution in [2.45, 2.75) is 42.9 Å². The Morgan fingerprint density at radius 3 is 1.39 bits per heavy atom. The number of fused-ring (bicyclic) bond motifs is 3. The number of halogens is 1. The van der Waals surface area contributed by atoms with Crippen LogP contribution in [0.5, 0.6) is 17.2 Å². The van der Waals surface area contributed by atoms with Gasteiger partial charge < -0.3 is 14.2 Å². The average molecular weight is 827 g/mol. The van der Waals surface area contributed by atoms with E-state index in [1.54, 1.807) is 12.1 Å². The lowest BCUT2D eigenvalue weighted by atomic mass is 9.52. The minimum Gasteiger partial charge on any atom is -0.425 e. The summed E-state index contributed by atoms with van der Waals surface area (Å²) in [6.45, 7) is 2.23.